The number of likely N-dealkylation sites (tertiary alicyclic amines) is 1. The van der Waals surface area contributed by atoms with E-state index in [0.29, 0.717) is 12.0 Å². The van der Waals surface area contributed by atoms with Crippen LogP contribution in [0.15, 0.2) is 0 Å². The molecule has 2 fully saturated rings. The van der Waals surface area contributed by atoms with Crippen LogP contribution in [0.2, 0.25) is 0 Å². The molecule has 0 N–H and O–H groups in total. The molecule has 16 heavy (non-hydrogen) atoms. The molecule has 0 spiro atoms. The number of amides is 1. The highest BCUT2D eigenvalue weighted by Gasteiger charge is 2.34. The van der Waals surface area contributed by atoms with E-state index in [1.807, 2.05) is 4.90 Å². The first-order valence-electron chi connectivity index (χ1n) is 6.24. The Kier molecular flexibility index (Phi) is 4.09. The number of hydrogen-bond donors (Lipinski definition) is 0. The molecule has 0 bridgehead atoms. The molecule has 1 aliphatic carbocycles. The van der Waals surface area contributed by atoms with Crippen molar-refractivity contribution < 1.29 is 4.79 Å². The molecule has 0 aromatic heterocycles. The SMILES string of the molecule is CN1CCCC(CN(C(=O)CCl)C2CC2)C1. The number of nitrogens with zero attached hydrogens (tertiary/aromatic N) is 2. The molecule has 1 amide bonds. The van der Waals surface area contributed by atoms with E-state index in [-0.39, 0.29) is 11.8 Å². The van der Waals surface area contributed by atoms with Crippen molar-refractivity contribution in [2.45, 2.75) is 31.7 Å². The largest absolute Gasteiger partial charge is 0.338 e. The van der Waals surface area contributed by atoms with E-state index < -0.39 is 0 Å². The van der Waals surface area contributed by atoms with Gasteiger partial charge in [-0.1, -0.05) is 0 Å². The smallest absolute Gasteiger partial charge is 0.237 e. The maximum atomic E-state index is 11.7. The van der Waals surface area contributed by atoms with Gasteiger partial charge in [-0.05, 0) is 45.2 Å². The fourth-order valence-electron chi connectivity index (χ4n) is 2.62. The molecule has 0 radical (unpaired) electrons. The van der Waals surface area contributed by atoms with E-state index in [1.165, 1.54) is 32.2 Å². The molecular formula is C12H21ClN2O. The van der Waals surface area contributed by atoms with Crippen LogP contribution in [0.4, 0.5) is 0 Å². The number of alkyl halides is 1. The van der Waals surface area contributed by atoms with E-state index in [1.54, 1.807) is 0 Å². The van der Waals surface area contributed by atoms with Gasteiger partial charge in [-0.25, -0.2) is 0 Å². The van der Waals surface area contributed by atoms with Crippen LogP contribution in [0.3, 0.4) is 0 Å². The van der Waals surface area contributed by atoms with Gasteiger partial charge in [0.2, 0.25) is 5.91 Å². The van der Waals surface area contributed by atoms with Gasteiger partial charge in [0.25, 0.3) is 0 Å². The van der Waals surface area contributed by atoms with E-state index in [4.69, 9.17) is 11.6 Å². The Hall–Kier alpha value is -0.280. The summed E-state index contributed by atoms with van der Waals surface area (Å²) in [5.74, 6) is 0.905. The van der Waals surface area contributed by atoms with Gasteiger partial charge < -0.3 is 9.80 Å². The fourth-order valence-corrected chi connectivity index (χ4v) is 2.77. The van der Waals surface area contributed by atoms with Gasteiger partial charge in [-0.3, -0.25) is 4.79 Å². The molecule has 1 atom stereocenters. The summed E-state index contributed by atoms with van der Waals surface area (Å²) in [6.07, 6.45) is 4.86. The van der Waals surface area contributed by atoms with E-state index in [2.05, 4.69) is 11.9 Å². The summed E-state index contributed by atoms with van der Waals surface area (Å²) in [5, 5.41) is 0. The first-order chi connectivity index (χ1) is 7.70. The van der Waals surface area contributed by atoms with Crippen molar-refractivity contribution >= 4 is 17.5 Å². The lowest BCUT2D eigenvalue weighted by molar-refractivity contribution is -0.130. The Morgan fingerprint density at radius 3 is 2.75 bits per heavy atom. The van der Waals surface area contributed by atoms with Crippen molar-refractivity contribution in [3.63, 3.8) is 0 Å². The second-order valence-corrected chi connectivity index (χ2v) is 5.45. The lowest BCUT2D eigenvalue weighted by Crippen LogP contribution is -2.43. The van der Waals surface area contributed by atoms with Crippen molar-refractivity contribution in [2.75, 3.05) is 32.6 Å². The highest BCUT2D eigenvalue weighted by Crippen LogP contribution is 2.29. The zero-order chi connectivity index (χ0) is 11.5. The molecule has 1 unspecified atom stereocenters. The number of piperidine rings is 1. The third kappa shape index (κ3) is 3.11. The Morgan fingerprint density at radius 2 is 2.19 bits per heavy atom. The van der Waals surface area contributed by atoms with E-state index >= 15 is 0 Å². The third-order valence-electron chi connectivity index (χ3n) is 3.60. The quantitative estimate of drug-likeness (QED) is 0.701. The lowest BCUT2D eigenvalue weighted by Gasteiger charge is -2.33. The van der Waals surface area contributed by atoms with Crippen LogP contribution in [0.5, 0.6) is 0 Å². The van der Waals surface area contributed by atoms with Crippen molar-refractivity contribution in [1.82, 2.24) is 9.80 Å². The molecule has 3 nitrogen and oxygen atoms in total. The molecule has 92 valence electrons. The molecule has 1 heterocycles. The maximum Gasteiger partial charge on any atom is 0.237 e. The van der Waals surface area contributed by atoms with Crippen molar-refractivity contribution in [2.24, 2.45) is 5.92 Å². The molecular weight excluding hydrogens is 224 g/mol. The monoisotopic (exact) mass is 244 g/mol. The van der Waals surface area contributed by atoms with Gasteiger partial charge in [-0.15, -0.1) is 11.6 Å². The minimum Gasteiger partial charge on any atom is -0.338 e. The number of halogens is 1. The summed E-state index contributed by atoms with van der Waals surface area (Å²) in [5.41, 5.74) is 0. The average Bonchev–Trinajstić information content (AvgIpc) is 3.09. The normalized spacial score (nSPS) is 26.8. The molecule has 2 rings (SSSR count). The number of carbonyl (C=O) groups is 1. The van der Waals surface area contributed by atoms with Gasteiger partial charge in [0.1, 0.15) is 5.88 Å². The number of rotatable bonds is 4. The molecule has 4 heteroatoms. The van der Waals surface area contributed by atoms with Crippen LogP contribution in [0.25, 0.3) is 0 Å². The fraction of sp³-hybridized carbons (Fsp3) is 0.917. The molecule has 0 aromatic rings. The van der Waals surface area contributed by atoms with E-state index in [9.17, 15) is 4.79 Å². The summed E-state index contributed by atoms with van der Waals surface area (Å²) in [6, 6.07) is 0.499. The lowest BCUT2D eigenvalue weighted by atomic mass is 9.98. The van der Waals surface area contributed by atoms with Gasteiger partial charge >= 0.3 is 0 Å². The van der Waals surface area contributed by atoms with Crippen LogP contribution >= 0.6 is 11.6 Å². The number of carbonyl (C=O) groups excluding carboxylic acids is 1. The minimum atomic E-state index is 0.123. The van der Waals surface area contributed by atoms with Crippen molar-refractivity contribution in [3.05, 3.63) is 0 Å². The molecule has 0 aromatic carbocycles. The summed E-state index contributed by atoms with van der Waals surface area (Å²) in [4.78, 5) is 16.1. The topological polar surface area (TPSA) is 23.6 Å². The Morgan fingerprint density at radius 1 is 1.44 bits per heavy atom. The molecule has 1 saturated carbocycles. The molecule has 2 aliphatic rings. The minimum absolute atomic E-state index is 0.123. The third-order valence-corrected chi connectivity index (χ3v) is 3.83. The average molecular weight is 245 g/mol. The van der Waals surface area contributed by atoms with Crippen molar-refractivity contribution in [1.29, 1.82) is 0 Å². The Balaban J connectivity index is 1.87. The Bertz CT molecular complexity index is 255. The number of hydrogen-bond acceptors (Lipinski definition) is 2. The first-order valence-corrected chi connectivity index (χ1v) is 6.78. The second kappa shape index (κ2) is 5.37. The first kappa shape index (κ1) is 12.2. The Labute approximate surface area is 103 Å². The standard InChI is InChI=1S/C12H21ClN2O/c1-14-6-2-3-10(8-14)9-15(11-4-5-11)12(16)7-13/h10-11H,2-9H2,1H3. The highest BCUT2D eigenvalue weighted by molar-refractivity contribution is 6.27. The maximum absolute atomic E-state index is 11.7. The van der Waals surface area contributed by atoms with Gasteiger partial charge in [-0.2, -0.15) is 0 Å². The van der Waals surface area contributed by atoms with Crippen LogP contribution < -0.4 is 0 Å². The predicted molar refractivity (Wildman–Crippen MR) is 65.7 cm³/mol. The predicted octanol–water partition coefficient (Wildman–Crippen LogP) is 1.56. The van der Waals surface area contributed by atoms with Crippen LogP contribution in [0, 0.1) is 5.92 Å². The van der Waals surface area contributed by atoms with Crippen molar-refractivity contribution in [3.8, 4) is 0 Å². The van der Waals surface area contributed by atoms with Gasteiger partial charge in [0, 0.05) is 19.1 Å². The van der Waals surface area contributed by atoms with Gasteiger partial charge in [0.05, 0.1) is 0 Å². The summed E-state index contributed by atoms with van der Waals surface area (Å²) >= 11 is 5.66. The van der Waals surface area contributed by atoms with Crippen LogP contribution in [0.1, 0.15) is 25.7 Å². The zero-order valence-electron chi connectivity index (χ0n) is 9.99. The highest BCUT2D eigenvalue weighted by atomic mass is 35.5. The van der Waals surface area contributed by atoms with Gasteiger partial charge in [0.15, 0.2) is 0 Å². The molecule has 1 aliphatic heterocycles. The summed E-state index contributed by atoms with van der Waals surface area (Å²) in [7, 11) is 2.16. The zero-order valence-corrected chi connectivity index (χ0v) is 10.7. The van der Waals surface area contributed by atoms with Crippen LogP contribution in [-0.4, -0.2) is 54.3 Å². The molecule has 1 saturated heterocycles. The summed E-state index contributed by atoms with van der Waals surface area (Å²) < 4.78 is 0. The van der Waals surface area contributed by atoms with Crippen LogP contribution in [-0.2, 0) is 4.79 Å². The summed E-state index contributed by atoms with van der Waals surface area (Å²) in [6.45, 7) is 3.24. The van der Waals surface area contributed by atoms with E-state index in [0.717, 1.165) is 13.1 Å². The second-order valence-electron chi connectivity index (χ2n) is 5.18.